The third-order valence-electron chi connectivity index (χ3n) is 4.15. The molecule has 19 heavy (non-hydrogen) atoms. The summed E-state index contributed by atoms with van der Waals surface area (Å²) in [6.45, 7) is 3.90. The summed E-state index contributed by atoms with van der Waals surface area (Å²) in [4.78, 5) is 24.1. The summed E-state index contributed by atoms with van der Waals surface area (Å²) in [7, 11) is 1.34. The van der Waals surface area contributed by atoms with Gasteiger partial charge in [-0.1, -0.05) is 39.5 Å². The summed E-state index contributed by atoms with van der Waals surface area (Å²) in [5.74, 6) is -0.589. The Morgan fingerprint density at radius 3 is 2.37 bits per heavy atom. The molecule has 0 radical (unpaired) electrons. The topological polar surface area (TPSA) is 81.4 Å². The van der Waals surface area contributed by atoms with Crippen LogP contribution in [0.1, 0.15) is 52.4 Å². The summed E-state index contributed by atoms with van der Waals surface area (Å²) >= 11 is 0. The minimum Gasteiger partial charge on any atom is -0.467 e. The van der Waals surface area contributed by atoms with Crippen molar-refractivity contribution in [1.29, 1.82) is 0 Å². The van der Waals surface area contributed by atoms with Crippen molar-refractivity contribution in [2.24, 2.45) is 11.7 Å². The molecule has 110 valence electrons. The Morgan fingerprint density at radius 1 is 1.32 bits per heavy atom. The van der Waals surface area contributed by atoms with Crippen LogP contribution in [0.2, 0.25) is 0 Å². The van der Waals surface area contributed by atoms with E-state index in [0.717, 1.165) is 25.7 Å². The second kappa shape index (κ2) is 6.89. The predicted molar refractivity (Wildman–Crippen MR) is 73.4 cm³/mol. The largest absolute Gasteiger partial charge is 0.467 e. The molecule has 0 aromatic rings. The Balaban J connectivity index is 2.72. The molecule has 0 bridgehead atoms. The van der Waals surface area contributed by atoms with E-state index in [0.29, 0.717) is 12.8 Å². The highest BCUT2D eigenvalue weighted by Crippen LogP contribution is 2.26. The van der Waals surface area contributed by atoms with Gasteiger partial charge in [0, 0.05) is 0 Å². The van der Waals surface area contributed by atoms with Gasteiger partial charge < -0.3 is 15.8 Å². The van der Waals surface area contributed by atoms with Crippen LogP contribution in [-0.2, 0) is 14.3 Å². The number of nitrogens with one attached hydrogen (secondary N) is 1. The first-order chi connectivity index (χ1) is 8.94. The minimum absolute atomic E-state index is 0.0311. The standard InChI is InChI=1S/C14H26N2O3/c1-4-10(2)11(12(17)19-3)16-13(18)14(15)8-6-5-7-9-14/h10-11H,4-9,15H2,1-3H3,(H,16,18). The van der Waals surface area contributed by atoms with Crippen LogP contribution in [-0.4, -0.2) is 30.6 Å². The number of nitrogens with two attached hydrogens (primary N) is 1. The molecule has 3 N–H and O–H groups in total. The molecule has 1 amide bonds. The molecule has 5 nitrogen and oxygen atoms in total. The highest BCUT2D eigenvalue weighted by molar-refractivity contribution is 5.90. The first-order valence-corrected chi connectivity index (χ1v) is 7.12. The van der Waals surface area contributed by atoms with Gasteiger partial charge in [-0.15, -0.1) is 0 Å². The zero-order chi connectivity index (χ0) is 14.5. The molecule has 1 aliphatic rings. The second-order valence-electron chi connectivity index (χ2n) is 5.58. The lowest BCUT2D eigenvalue weighted by molar-refractivity contribution is -0.147. The number of carbonyl (C=O) groups excluding carboxylic acids is 2. The van der Waals surface area contributed by atoms with Crippen molar-refractivity contribution in [3.63, 3.8) is 0 Å². The lowest BCUT2D eigenvalue weighted by atomic mass is 9.81. The van der Waals surface area contributed by atoms with Gasteiger partial charge in [-0.05, 0) is 18.8 Å². The number of hydrogen-bond acceptors (Lipinski definition) is 4. The molecule has 1 fully saturated rings. The zero-order valence-electron chi connectivity index (χ0n) is 12.2. The van der Waals surface area contributed by atoms with E-state index in [1.54, 1.807) is 0 Å². The van der Waals surface area contributed by atoms with Crippen LogP contribution in [0.15, 0.2) is 0 Å². The van der Waals surface area contributed by atoms with Gasteiger partial charge in [0.2, 0.25) is 5.91 Å². The maximum Gasteiger partial charge on any atom is 0.328 e. The van der Waals surface area contributed by atoms with E-state index in [4.69, 9.17) is 10.5 Å². The van der Waals surface area contributed by atoms with Crippen molar-refractivity contribution in [2.45, 2.75) is 64.0 Å². The van der Waals surface area contributed by atoms with E-state index < -0.39 is 17.6 Å². The van der Waals surface area contributed by atoms with Crippen molar-refractivity contribution < 1.29 is 14.3 Å². The summed E-state index contributed by atoms with van der Waals surface area (Å²) in [6, 6.07) is -0.607. The number of methoxy groups -OCH3 is 1. The third kappa shape index (κ3) is 3.93. The lowest BCUT2D eigenvalue weighted by Crippen LogP contribution is -2.59. The van der Waals surface area contributed by atoms with Crippen molar-refractivity contribution in [3.05, 3.63) is 0 Å². The minimum atomic E-state index is -0.821. The van der Waals surface area contributed by atoms with Gasteiger partial charge >= 0.3 is 5.97 Å². The van der Waals surface area contributed by atoms with E-state index in [1.165, 1.54) is 7.11 Å². The molecular weight excluding hydrogens is 244 g/mol. The van der Waals surface area contributed by atoms with Crippen LogP contribution in [0.5, 0.6) is 0 Å². The Morgan fingerprint density at radius 2 is 1.89 bits per heavy atom. The summed E-state index contributed by atoms with van der Waals surface area (Å²) < 4.78 is 4.76. The molecule has 1 rings (SSSR count). The molecule has 1 saturated carbocycles. The van der Waals surface area contributed by atoms with Crippen molar-refractivity contribution in [3.8, 4) is 0 Å². The van der Waals surface area contributed by atoms with E-state index >= 15 is 0 Å². The predicted octanol–water partition coefficient (Wildman–Crippen LogP) is 1.35. The Hall–Kier alpha value is -1.10. The first-order valence-electron chi connectivity index (χ1n) is 7.12. The normalized spacial score (nSPS) is 21.3. The maximum atomic E-state index is 12.3. The van der Waals surface area contributed by atoms with Gasteiger partial charge in [-0.3, -0.25) is 4.79 Å². The monoisotopic (exact) mass is 270 g/mol. The number of hydrogen-bond donors (Lipinski definition) is 2. The second-order valence-corrected chi connectivity index (χ2v) is 5.58. The fraction of sp³-hybridized carbons (Fsp3) is 0.857. The zero-order valence-corrected chi connectivity index (χ0v) is 12.2. The van der Waals surface area contributed by atoms with Crippen LogP contribution in [0.3, 0.4) is 0 Å². The maximum absolute atomic E-state index is 12.3. The van der Waals surface area contributed by atoms with Crippen LogP contribution >= 0.6 is 0 Å². The molecule has 1 aliphatic carbocycles. The Kier molecular flexibility index (Phi) is 5.79. The average Bonchev–Trinajstić information content (AvgIpc) is 2.43. The highest BCUT2D eigenvalue weighted by Gasteiger charge is 2.38. The molecular formula is C14H26N2O3. The number of ether oxygens (including phenoxy) is 1. The van der Waals surface area contributed by atoms with Gasteiger partial charge in [-0.25, -0.2) is 4.79 Å². The number of rotatable bonds is 5. The molecule has 5 heteroatoms. The Labute approximate surface area is 115 Å². The molecule has 0 heterocycles. The van der Waals surface area contributed by atoms with E-state index in [2.05, 4.69) is 5.32 Å². The molecule has 0 aromatic heterocycles. The number of esters is 1. The van der Waals surface area contributed by atoms with Crippen LogP contribution in [0.25, 0.3) is 0 Å². The fourth-order valence-corrected chi connectivity index (χ4v) is 2.49. The van der Waals surface area contributed by atoms with E-state index in [9.17, 15) is 9.59 Å². The molecule has 0 saturated heterocycles. The third-order valence-corrected chi connectivity index (χ3v) is 4.15. The smallest absolute Gasteiger partial charge is 0.328 e. The van der Waals surface area contributed by atoms with Gasteiger partial charge in [0.1, 0.15) is 6.04 Å². The van der Waals surface area contributed by atoms with Gasteiger partial charge in [0.15, 0.2) is 0 Å². The van der Waals surface area contributed by atoms with Gasteiger partial charge in [0.25, 0.3) is 0 Å². The average molecular weight is 270 g/mol. The molecule has 2 unspecified atom stereocenters. The van der Waals surface area contributed by atoms with Crippen LogP contribution in [0.4, 0.5) is 0 Å². The van der Waals surface area contributed by atoms with Crippen molar-refractivity contribution in [1.82, 2.24) is 5.32 Å². The quantitative estimate of drug-likeness (QED) is 0.739. The van der Waals surface area contributed by atoms with Crippen molar-refractivity contribution >= 4 is 11.9 Å². The SMILES string of the molecule is CCC(C)C(NC(=O)C1(N)CCCCC1)C(=O)OC. The summed E-state index contributed by atoms with van der Waals surface area (Å²) in [5, 5.41) is 2.79. The van der Waals surface area contributed by atoms with E-state index in [-0.39, 0.29) is 11.8 Å². The summed E-state index contributed by atoms with van der Waals surface area (Å²) in [5.41, 5.74) is 5.35. The van der Waals surface area contributed by atoms with Crippen LogP contribution in [0, 0.1) is 5.92 Å². The highest BCUT2D eigenvalue weighted by atomic mass is 16.5. The van der Waals surface area contributed by atoms with Gasteiger partial charge in [-0.2, -0.15) is 0 Å². The lowest BCUT2D eigenvalue weighted by Gasteiger charge is -2.34. The van der Waals surface area contributed by atoms with E-state index in [1.807, 2.05) is 13.8 Å². The number of amides is 1. The number of carbonyl (C=O) groups is 2. The molecule has 0 aromatic carbocycles. The molecule has 0 spiro atoms. The van der Waals surface area contributed by atoms with Crippen LogP contribution < -0.4 is 11.1 Å². The summed E-state index contributed by atoms with van der Waals surface area (Å²) in [6.07, 6.45) is 5.22. The first kappa shape index (κ1) is 16.0. The fourth-order valence-electron chi connectivity index (χ4n) is 2.49. The Bertz CT molecular complexity index is 325. The molecule has 0 aliphatic heterocycles. The van der Waals surface area contributed by atoms with Crippen molar-refractivity contribution in [2.75, 3.05) is 7.11 Å². The van der Waals surface area contributed by atoms with Gasteiger partial charge in [0.05, 0.1) is 12.6 Å². The molecule has 2 atom stereocenters.